The highest BCUT2D eigenvalue weighted by atomic mass is 32.1. The van der Waals surface area contributed by atoms with Crippen molar-refractivity contribution in [3.8, 4) is 0 Å². The predicted octanol–water partition coefficient (Wildman–Crippen LogP) is 3.47. The van der Waals surface area contributed by atoms with Gasteiger partial charge < -0.3 is 15.1 Å². The molecule has 1 aromatic heterocycles. The number of carbonyl (C=O) groups excluding carboxylic acids is 1. The number of piperazine rings is 1. The number of fused-ring (bicyclic) bond motifs is 1. The zero-order chi connectivity index (χ0) is 17.9. The lowest BCUT2D eigenvalue weighted by Crippen LogP contribution is -2.51. The third-order valence-corrected chi connectivity index (χ3v) is 5.56. The Morgan fingerprint density at radius 2 is 1.85 bits per heavy atom. The molecule has 1 fully saturated rings. The van der Waals surface area contributed by atoms with E-state index in [0.29, 0.717) is 38.2 Å². The Morgan fingerprint density at radius 3 is 2.58 bits per heavy atom. The van der Waals surface area contributed by atoms with Crippen LogP contribution in [-0.4, -0.2) is 42.1 Å². The highest BCUT2D eigenvalue weighted by Gasteiger charge is 2.23. The lowest BCUT2D eigenvalue weighted by Gasteiger charge is -2.34. The summed E-state index contributed by atoms with van der Waals surface area (Å²) in [7, 11) is 0. The number of urea groups is 1. The number of amides is 2. The fourth-order valence-corrected chi connectivity index (χ4v) is 4.06. The summed E-state index contributed by atoms with van der Waals surface area (Å²) in [4.78, 5) is 20.7. The second-order valence-electron chi connectivity index (χ2n) is 6.20. The Balaban J connectivity index is 1.34. The van der Waals surface area contributed by atoms with Crippen LogP contribution in [0, 0.1) is 5.82 Å². The van der Waals surface area contributed by atoms with Crippen LogP contribution in [-0.2, 0) is 6.54 Å². The number of anilines is 1. The van der Waals surface area contributed by atoms with E-state index in [-0.39, 0.29) is 11.8 Å². The number of nitrogens with zero attached hydrogens (tertiary/aromatic N) is 3. The zero-order valence-electron chi connectivity index (χ0n) is 14.2. The van der Waals surface area contributed by atoms with Crippen molar-refractivity contribution in [2.24, 2.45) is 0 Å². The summed E-state index contributed by atoms with van der Waals surface area (Å²) >= 11 is 1.49. The third-order valence-electron chi connectivity index (χ3n) is 4.48. The molecular formula is C19H19FN4OS. The lowest BCUT2D eigenvalue weighted by atomic mass is 10.2. The Bertz CT molecular complexity index is 906. The van der Waals surface area contributed by atoms with Crippen molar-refractivity contribution >= 4 is 32.7 Å². The van der Waals surface area contributed by atoms with Crippen molar-refractivity contribution in [3.05, 3.63) is 59.9 Å². The summed E-state index contributed by atoms with van der Waals surface area (Å²) in [6.07, 6.45) is 0. The molecule has 0 aliphatic carbocycles. The molecule has 1 N–H and O–H groups in total. The van der Waals surface area contributed by atoms with Gasteiger partial charge in [-0.1, -0.05) is 47.7 Å². The number of carbonyl (C=O) groups is 1. The smallest absolute Gasteiger partial charge is 0.317 e. The molecule has 0 atom stereocenters. The van der Waals surface area contributed by atoms with Crippen molar-refractivity contribution in [3.63, 3.8) is 0 Å². The molecular weight excluding hydrogens is 351 g/mol. The normalized spacial score (nSPS) is 14.7. The van der Waals surface area contributed by atoms with Crippen molar-refractivity contribution in [1.29, 1.82) is 0 Å². The number of hydrogen-bond acceptors (Lipinski definition) is 4. The maximum Gasteiger partial charge on any atom is 0.317 e. The van der Waals surface area contributed by atoms with Gasteiger partial charge in [0.25, 0.3) is 0 Å². The Kier molecular flexibility index (Phi) is 4.71. The van der Waals surface area contributed by atoms with Crippen molar-refractivity contribution in [1.82, 2.24) is 15.2 Å². The van der Waals surface area contributed by atoms with E-state index in [1.165, 1.54) is 17.4 Å². The largest absolute Gasteiger partial charge is 0.345 e. The summed E-state index contributed by atoms with van der Waals surface area (Å²) in [5.74, 6) is -0.288. The van der Waals surface area contributed by atoms with Crippen LogP contribution in [0.3, 0.4) is 0 Å². The molecule has 0 bridgehead atoms. The van der Waals surface area contributed by atoms with Gasteiger partial charge in [-0.05, 0) is 17.7 Å². The van der Waals surface area contributed by atoms with Crippen LogP contribution < -0.4 is 10.2 Å². The minimum atomic E-state index is -0.288. The van der Waals surface area contributed by atoms with Gasteiger partial charge in [0.1, 0.15) is 11.3 Å². The average Bonchev–Trinajstić information content (AvgIpc) is 3.13. The van der Waals surface area contributed by atoms with Gasteiger partial charge in [0.2, 0.25) is 0 Å². The van der Waals surface area contributed by atoms with Crippen LogP contribution >= 0.6 is 11.3 Å². The molecule has 7 heteroatoms. The minimum absolute atomic E-state index is 0.0520. The monoisotopic (exact) mass is 370 g/mol. The van der Waals surface area contributed by atoms with Crippen molar-refractivity contribution in [2.75, 3.05) is 31.1 Å². The topological polar surface area (TPSA) is 48.5 Å². The van der Waals surface area contributed by atoms with E-state index in [4.69, 9.17) is 0 Å². The van der Waals surface area contributed by atoms with Crippen molar-refractivity contribution < 1.29 is 9.18 Å². The molecule has 1 saturated heterocycles. The van der Waals surface area contributed by atoms with Gasteiger partial charge in [0.15, 0.2) is 5.13 Å². The molecule has 2 aromatic carbocycles. The van der Waals surface area contributed by atoms with Crippen LogP contribution in [0.4, 0.5) is 14.3 Å². The van der Waals surface area contributed by atoms with Gasteiger partial charge in [0.05, 0.1) is 4.70 Å². The summed E-state index contributed by atoms with van der Waals surface area (Å²) < 4.78 is 14.7. The van der Waals surface area contributed by atoms with Crippen LogP contribution in [0.5, 0.6) is 0 Å². The highest BCUT2D eigenvalue weighted by Crippen LogP contribution is 2.30. The summed E-state index contributed by atoms with van der Waals surface area (Å²) in [5, 5.41) is 3.77. The summed E-state index contributed by atoms with van der Waals surface area (Å²) in [5.41, 5.74) is 1.51. The Labute approximate surface area is 155 Å². The van der Waals surface area contributed by atoms with E-state index in [2.05, 4.69) is 15.2 Å². The third kappa shape index (κ3) is 3.48. The first-order valence-electron chi connectivity index (χ1n) is 8.57. The number of hydrogen-bond donors (Lipinski definition) is 1. The molecule has 0 unspecified atom stereocenters. The van der Waals surface area contributed by atoms with Crippen LogP contribution in [0.2, 0.25) is 0 Å². The molecule has 26 heavy (non-hydrogen) atoms. The average molecular weight is 370 g/mol. The van der Waals surface area contributed by atoms with Crippen LogP contribution in [0.25, 0.3) is 10.2 Å². The molecule has 2 heterocycles. The van der Waals surface area contributed by atoms with Crippen LogP contribution in [0.1, 0.15) is 5.56 Å². The Hall–Kier alpha value is -2.67. The van der Waals surface area contributed by atoms with E-state index >= 15 is 0 Å². The van der Waals surface area contributed by atoms with E-state index in [0.717, 1.165) is 15.4 Å². The van der Waals surface area contributed by atoms with Crippen LogP contribution in [0.15, 0.2) is 48.5 Å². The number of nitrogens with one attached hydrogen (secondary N) is 1. The summed E-state index contributed by atoms with van der Waals surface area (Å²) in [6.45, 7) is 3.16. The molecule has 1 aliphatic rings. The number of rotatable bonds is 3. The van der Waals surface area contributed by atoms with Gasteiger partial charge in [-0.15, -0.1) is 0 Å². The van der Waals surface area contributed by atoms with Gasteiger partial charge in [-0.2, -0.15) is 0 Å². The summed E-state index contributed by atoms with van der Waals surface area (Å²) in [6, 6.07) is 14.8. The van der Waals surface area contributed by atoms with E-state index in [9.17, 15) is 9.18 Å². The SMILES string of the molecule is O=C(NCc1ccccc1)N1CCN(c2nc3c(F)cccc3s2)CC1. The molecule has 2 amide bonds. The van der Waals surface area contributed by atoms with Gasteiger partial charge in [-0.3, -0.25) is 0 Å². The van der Waals surface area contributed by atoms with Crippen molar-refractivity contribution in [2.45, 2.75) is 6.54 Å². The molecule has 4 rings (SSSR count). The van der Waals surface area contributed by atoms with Gasteiger partial charge in [0, 0.05) is 32.7 Å². The first-order chi connectivity index (χ1) is 12.7. The highest BCUT2D eigenvalue weighted by molar-refractivity contribution is 7.22. The molecule has 3 aromatic rings. The van der Waals surface area contributed by atoms with E-state index in [1.54, 1.807) is 6.07 Å². The molecule has 5 nitrogen and oxygen atoms in total. The maximum absolute atomic E-state index is 13.8. The molecule has 1 aliphatic heterocycles. The molecule has 0 radical (unpaired) electrons. The number of aromatic nitrogens is 1. The van der Waals surface area contributed by atoms with E-state index in [1.807, 2.05) is 41.3 Å². The second-order valence-corrected chi connectivity index (χ2v) is 7.21. The predicted molar refractivity (Wildman–Crippen MR) is 102 cm³/mol. The van der Waals surface area contributed by atoms with Gasteiger partial charge >= 0.3 is 6.03 Å². The molecule has 0 spiro atoms. The van der Waals surface area contributed by atoms with Gasteiger partial charge in [-0.25, -0.2) is 14.2 Å². The number of thiazole rings is 1. The Morgan fingerprint density at radius 1 is 1.08 bits per heavy atom. The number of halogens is 1. The molecule has 134 valence electrons. The quantitative estimate of drug-likeness (QED) is 0.768. The fourth-order valence-electron chi connectivity index (χ4n) is 3.02. The number of para-hydroxylation sites is 1. The first kappa shape index (κ1) is 16.8. The lowest BCUT2D eigenvalue weighted by molar-refractivity contribution is 0.194. The second kappa shape index (κ2) is 7.29. The maximum atomic E-state index is 13.8. The standard InChI is InChI=1S/C19H19FN4OS/c20-15-7-4-8-16-17(15)22-19(26-16)24-11-9-23(10-12-24)18(25)21-13-14-5-2-1-3-6-14/h1-8H,9-13H2,(H,21,25). The zero-order valence-corrected chi connectivity index (χ0v) is 15.0. The molecule has 0 saturated carbocycles. The van der Waals surface area contributed by atoms with E-state index < -0.39 is 0 Å². The minimum Gasteiger partial charge on any atom is -0.345 e. The first-order valence-corrected chi connectivity index (χ1v) is 9.39. The number of benzene rings is 2. The fraction of sp³-hybridized carbons (Fsp3) is 0.263.